The van der Waals surface area contributed by atoms with Crippen molar-refractivity contribution >= 4 is 35.1 Å². The molecule has 6 rings (SSSR count). The quantitative estimate of drug-likeness (QED) is 0.277. The first-order valence-corrected chi connectivity index (χ1v) is 13.6. The maximum Gasteiger partial charge on any atom is 0.597 e. The number of aromatic amines is 2. The Morgan fingerprint density at radius 3 is 2.59 bits per heavy atom. The van der Waals surface area contributed by atoms with E-state index in [9.17, 15) is 4.57 Å². The van der Waals surface area contributed by atoms with Crippen LogP contribution in [0.15, 0.2) is 66.7 Å². The smallest absolute Gasteiger partial charge is 0.492 e. The normalized spacial score (nSPS) is 14.8. The van der Waals surface area contributed by atoms with E-state index in [4.69, 9.17) is 14.0 Å². The van der Waals surface area contributed by atoms with Crippen molar-refractivity contribution in [2.75, 3.05) is 39.5 Å². The van der Waals surface area contributed by atoms with Crippen molar-refractivity contribution in [3.8, 4) is 22.9 Å². The Balaban J connectivity index is 1.20. The second kappa shape index (κ2) is 10.3. The number of H-pyrrole nitrogens is 2. The number of fused-ring (bicyclic) bond motifs is 2. The summed E-state index contributed by atoms with van der Waals surface area (Å²) < 4.78 is 30.0. The standard InChI is InChI=1S/C28H28N4O4P/c1-19-2-6-23(7-3-19)37(33)36-22-5-9-26-24(18-22)28(31-30-26)27-17-20-16-21(4-8-25(20)29-27)35-15-12-32-10-13-34-14-11-32/h2-9,16-18,29H,10-15H2,1H3,(H,30,31)/q+1. The molecular formula is C28H28N4O4P+. The zero-order valence-corrected chi connectivity index (χ0v) is 21.5. The molecule has 188 valence electrons. The minimum absolute atomic E-state index is 0.531. The molecule has 1 unspecified atom stereocenters. The first kappa shape index (κ1) is 23.7. The fourth-order valence-corrected chi connectivity index (χ4v) is 5.32. The SMILES string of the molecule is Cc1ccc([P+](=O)Oc2ccc3[nH]nc(-c4cc5cc(OCCN6CCOCC6)ccc5[nH]4)c3c2)cc1. The molecular weight excluding hydrogens is 487 g/mol. The number of hydrogen-bond donors (Lipinski definition) is 2. The third kappa shape index (κ3) is 5.23. The van der Waals surface area contributed by atoms with Crippen molar-refractivity contribution in [2.24, 2.45) is 0 Å². The summed E-state index contributed by atoms with van der Waals surface area (Å²) in [7, 11) is -2.01. The Morgan fingerprint density at radius 1 is 0.973 bits per heavy atom. The van der Waals surface area contributed by atoms with E-state index < -0.39 is 8.03 Å². The Bertz CT molecular complexity index is 1550. The van der Waals surface area contributed by atoms with Crippen LogP contribution >= 0.6 is 8.03 Å². The summed E-state index contributed by atoms with van der Waals surface area (Å²) in [6.07, 6.45) is 0. The molecule has 9 heteroatoms. The highest BCUT2D eigenvalue weighted by atomic mass is 31.1. The van der Waals surface area contributed by atoms with E-state index in [0.29, 0.717) is 17.7 Å². The predicted molar refractivity (Wildman–Crippen MR) is 145 cm³/mol. The van der Waals surface area contributed by atoms with Gasteiger partial charge in [-0.2, -0.15) is 5.10 Å². The van der Waals surface area contributed by atoms with E-state index in [1.54, 1.807) is 6.07 Å². The summed E-state index contributed by atoms with van der Waals surface area (Å²) in [6.45, 7) is 7.01. The van der Waals surface area contributed by atoms with Crippen LogP contribution in [-0.2, 0) is 9.30 Å². The van der Waals surface area contributed by atoms with Crippen molar-refractivity contribution in [3.63, 3.8) is 0 Å². The van der Waals surface area contributed by atoms with Crippen LogP contribution in [0.2, 0.25) is 0 Å². The maximum absolute atomic E-state index is 12.7. The topological polar surface area (TPSA) is 92.5 Å². The van der Waals surface area contributed by atoms with Gasteiger partial charge in [0.25, 0.3) is 0 Å². The molecule has 1 atom stereocenters. The Morgan fingerprint density at radius 2 is 1.76 bits per heavy atom. The van der Waals surface area contributed by atoms with Crippen molar-refractivity contribution in [3.05, 3.63) is 72.3 Å². The first-order valence-electron chi connectivity index (χ1n) is 12.4. The molecule has 1 fully saturated rings. The molecule has 2 N–H and O–H groups in total. The fraction of sp³-hybridized carbons (Fsp3) is 0.250. The fourth-order valence-electron chi connectivity index (χ4n) is 4.52. The summed E-state index contributed by atoms with van der Waals surface area (Å²) in [5.41, 5.74) is 4.64. The number of rotatable bonds is 8. The maximum atomic E-state index is 12.7. The number of nitrogens with zero attached hydrogens (tertiary/aromatic N) is 2. The van der Waals surface area contributed by atoms with E-state index in [-0.39, 0.29) is 0 Å². The first-order chi connectivity index (χ1) is 18.1. The number of ether oxygens (including phenoxy) is 2. The van der Waals surface area contributed by atoms with Gasteiger partial charge in [0.05, 0.1) is 24.4 Å². The number of aryl methyl sites for hydroxylation is 1. The molecule has 0 radical (unpaired) electrons. The summed E-state index contributed by atoms with van der Waals surface area (Å²) in [6, 6.07) is 21.2. The molecule has 5 aromatic rings. The van der Waals surface area contributed by atoms with Gasteiger partial charge in [0.15, 0.2) is 5.75 Å². The van der Waals surface area contributed by atoms with Gasteiger partial charge in [-0.05, 0) is 66.1 Å². The molecule has 1 aliphatic heterocycles. The minimum atomic E-state index is -2.01. The average molecular weight is 516 g/mol. The molecule has 1 aliphatic rings. The predicted octanol–water partition coefficient (Wildman–Crippen LogP) is 5.18. The van der Waals surface area contributed by atoms with Gasteiger partial charge < -0.3 is 14.5 Å². The zero-order valence-electron chi connectivity index (χ0n) is 20.6. The van der Waals surface area contributed by atoms with Crippen molar-refractivity contribution in [1.29, 1.82) is 0 Å². The average Bonchev–Trinajstić information content (AvgIpc) is 3.53. The van der Waals surface area contributed by atoms with Gasteiger partial charge in [-0.3, -0.25) is 14.5 Å². The lowest BCUT2D eigenvalue weighted by molar-refractivity contribution is 0.0322. The second-order valence-corrected chi connectivity index (χ2v) is 10.4. The molecule has 37 heavy (non-hydrogen) atoms. The van der Waals surface area contributed by atoms with Gasteiger partial charge in [-0.1, -0.05) is 17.7 Å². The summed E-state index contributed by atoms with van der Waals surface area (Å²) in [5, 5.41) is 10.2. The van der Waals surface area contributed by atoms with Crippen molar-refractivity contribution < 1.29 is 18.6 Å². The molecule has 0 aliphatic carbocycles. The van der Waals surface area contributed by atoms with Crippen LogP contribution in [0.1, 0.15) is 5.56 Å². The number of hydrogen-bond acceptors (Lipinski definition) is 6. The molecule has 0 amide bonds. The largest absolute Gasteiger partial charge is 0.597 e. The number of morpholine rings is 1. The summed E-state index contributed by atoms with van der Waals surface area (Å²) in [4.78, 5) is 5.81. The Labute approximate surface area is 215 Å². The highest BCUT2D eigenvalue weighted by Gasteiger charge is 2.24. The van der Waals surface area contributed by atoms with Crippen LogP contribution in [-0.4, -0.2) is 59.5 Å². The lowest BCUT2D eigenvalue weighted by atomic mass is 10.1. The van der Waals surface area contributed by atoms with E-state index >= 15 is 0 Å². The van der Waals surface area contributed by atoms with Crippen LogP contribution in [0.25, 0.3) is 33.2 Å². The molecule has 8 nitrogen and oxygen atoms in total. The molecule has 2 aromatic heterocycles. The monoisotopic (exact) mass is 515 g/mol. The zero-order chi connectivity index (χ0) is 25.2. The third-order valence-corrected chi connectivity index (χ3v) is 7.69. The van der Waals surface area contributed by atoms with Gasteiger partial charge in [0.1, 0.15) is 18.1 Å². The van der Waals surface area contributed by atoms with Crippen LogP contribution in [0.5, 0.6) is 11.5 Å². The van der Waals surface area contributed by atoms with E-state index in [2.05, 4.69) is 26.1 Å². The van der Waals surface area contributed by atoms with Crippen LogP contribution in [0.3, 0.4) is 0 Å². The Hall–Kier alpha value is -3.71. The number of aromatic nitrogens is 3. The van der Waals surface area contributed by atoms with Crippen LogP contribution in [0, 0.1) is 6.92 Å². The van der Waals surface area contributed by atoms with E-state index in [0.717, 1.165) is 77.4 Å². The summed E-state index contributed by atoms with van der Waals surface area (Å²) in [5.74, 6) is 1.37. The van der Waals surface area contributed by atoms with Gasteiger partial charge in [0.2, 0.25) is 5.30 Å². The molecule has 0 spiro atoms. The highest BCUT2D eigenvalue weighted by molar-refractivity contribution is 7.48. The van der Waals surface area contributed by atoms with E-state index in [1.165, 1.54) is 0 Å². The number of nitrogens with one attached hydrogen (secondary N) is 2. The van der Waals surface area contributed by atoms with Crippen LogP contribution in [0.4, 0.5) is 0 Å². The molecule has 3 heterocycles. The molecule has 1 saturated heterocycles. The Kier molecular flexibility index (Phi) is 6.62. The van der Waals surface area contributed by atoms with Crippen molar-refractivity contribution in [2.45, 2.75) is 6.92 Å². The van der Waals surface area contributed by atoms with Crippen LogP contribution < -0.4 is 14.6 Å². The van der Waals surface area contributed by atoms with Gasteiger partial charge in [-0.25, -0.2) is 0 Å². The van der Waals surface area contributed by atoms with E-state index in [1.807, 2.05) is 61.5 Å². The molecule has 0 saturated carbocycles. The number of benzene rings is 3. The second-order valence-electron chi connectivity index (χ2n) is 9.20. The van der Waals surface area contributed by atoms with Gasteiger partial charge in [0, 0.05) is 35.9 Å². The van der Waals surface area contributed by atoms with Gasteiger partial charge >= 0.3 is 8.03 Å². The minimum Gasteiger partial charge on any atom is -0.492 e. The molecule has 3 aromatic carbocycles. The van der Waals surface area contributed by atoms with Gasteiger partial charge in [-0.15, -0.1) is 0 Å². The van der Waals surface area contributed by atoms with Crippen molar-refractivity contribution in [1.82, 2.24) is 20.1 Å². The lowest BCUT2D eigenvalue weighted by Crippen LogP contribution is -2.38. The highest BCUT2D eigenvalue weighted by Crippen LogP contribution is 2.34. The molecule has 0 bridgehead atoms. The summed E-state index contributed by atoms with van der Waals surface area (Å²) >= 11 is 0. The third-order valence-electron chi connectivity index (χ3n) is 6.59. The lowest BCUT2D eigenvalue weighted by Gasteiger charge is -2.26.